The van der Waals surface area contributed by atoms with Crippen molar-refractivity contribution in [2.24, 2.45) is 11.8 Å². The number of benzene rings is 2. The van der Waals surface area contributed by atoms with Crippen LogP contribution in [0, 0.1) is 11.8 Å². The highest BCUT2D eigenvalue weighted by atomic mass is 35.5. The van der Waals surface area contributed by atoms with Crippen LogP contribution in [0.25, 0.3) is 0 Å². The highest BCUT2D eigenvalue weighted by Gasteiger charge is 2.43. The SMILES string of the molecule is C=CC[C@@H](O)C[C@@H]1CC[C@H]1CN1C[C@@]2(CCCc3cc(Cl)ccc32)COc2ccc(C(=O)O)cc21. The van der Waals surface area contributed by atoms with Crippen molar-refractivity contribution in [1.29, 1.82) is 0 Å². The topological polar surface area (TPSA) is 70.0 Å². The lowest BCUT2D eigenvalue weighted by atomic mass is 9.68. The van der Waals surface area contributed by atoms with Gasteiger partial charge in [-0.2, -0.15) is 0 Å². The Morgan fingerprint density at radius 1 is 1.26 bits per heavy atom. The third-order valence-electron chi connectivity index (χ3n) is 8.33. The summed E-state index contributed by atoms with van der Waals surface area (Å²) >= 11 is 6.34. The molecule has 2 aromatic carbocycles. The van der Waals surface area contributed by atoms with Crippen LogP contribution in [0.3, 0.4) is 0 Å². The van der Waals surface area contributed by atoms with E-state index in [2.05, 4.69) is 23.6 Å². The van der Waals surface area contributed by atoms with Crippen LogP contribution in [0.5, 0.6) is 5.75 Å². The van der Waals surface area contributed by atoms with Crippen molar-refractivity contribution < 1.29 is 19.7 Å². The van der Waals surface area contributed by atoms with Gasteiger partial charge >= 0.3 is 5.97 Å². The number of aliphatic hydroxyl groups excluding tert-OH is 1. The summed E-state index contributed by atoms with van der Waals surface area (Å²) in [6, 6.07) is 11.4. The molecule has 0 amide bonds. The zero-order valence-corrected chi connectivity index (χ0v) is 20.8. The molecule has 35 heavy (non-hydrogen) atoms. The second-order valence-corrected chi connectivity index (χ2v) is 11.0. The van der Waals surface area contributed by atoms with Crippen molar-refractivity contribution in [2.75, 3.05) is 24.6 Å². The Labute approximate surface area is 212 Å². The maximum Gasteiger partial charge on any atom is 0.335 e. The Bertz CT molecular complexity index is 1120. The largest absolute Gasteiger partial charge is 0.490 e. The van der Waals surface area contributed by atoms with Crippen LogP contribution in [-0.4, -0.2) is 42.0 Å². The van der Waals surface area contributed by atoms with Crippen molar-refractivity contribution >= 4 is 23.3 Å². The molecular formula is C29H34ClNO4. The normalized spacial score (nSPS) is 26.1. The highest BCUT2D eigenvalue weighted by molar-refractivity contribution is 6.30. The number of halogens is 1. The number of hydrogen-bond acceptors (Lipinski definition) is 4. The molecule has 6 heteroatoms. The third-order valence-corrected chi connectivity index (χ3v) is 8.56. The number of hydrogen-bond donors (Lipinski definition) is 2. The molecule has 4 atom stereocenters. The van der Waals surface area contributed by atoms with Gasteiger partial charge in [0.15, 0.2) is 0 Å². The molecule has 0 unspecified atom stereocenters. The fourth-order valence-corrected chi connectivity index (χ4v) is 6.55. The second-order valence-electron chi connectivity index (χ2n) is 10.6. The fraction of sp³-hybridized carbons (Fsp3) is 0.483. The number of aliphatic hydroxyl groups is 1. The number of carboxylic acid groups (broad SMARTS) is 1. The van der Waals surface area contributed by atoms with Crippen LogP contribution >= 0.6 is 11.6 Å². The van der Waals surface area contributed by atoms with Gasteiger partial charge in [0, 0.05) is 23.5 Å². The maximum absolute atomic E-state index is 11.8. The molecule has 0 radical (unpaired) electrons. The molecule has 3 aliphatic rings. The second kappa shape index (κ2) is 9.87. The summed E-state index contributed by atoms with van der Waals surface area (Å²) in [4.78, 5) is 14.2. The zero-order valence-electron chi connectivity index (χ0n) is 20.1. The summed E-state index contributed by atoms with van der Waals surface area (Å²) in [5, 5.41) is 20.8. The number of nitrogens with zero attached hydrogens (tertiary/aromatic N) is 1. The smallest absolute Gasteiger partial charge is 0.335 e. The van der Waals surface area contributed by atoms with E-state index in [0.29, 0.717) is 24.9 Å². The summed E-state index contributed by atoms with van der Waals surface area (Å²) < 4.78 is 6.43. The van der Waals surface area contributed by atoms with Crippen LogP contribution in [0.15, 0.2) is 49.1 Å². The summed E-state index contributed by atoms with van der Waals surface area (Å²) in [6.07, 6.45) is 8.19. The molecule has 2 aliphatic carbocycles. The first-order chi connectivity index (χ1) is 16.9. The zero-order chi connectivity index (χ0) is 24.6. The summed E-state index contributed by atoms with van der Waals surface area (Å²) in [7, 11) is 0. The summed E-state index contributed by atoms with van der Waals surface area (Å²) in [5.41, 5.74) is 3.55. The minimum Gasteiger partial charge on any atom is -0.490 e. The monoisotopic (exact) mass is 495 g/mol. The van der Waals surface area contributed by atoms with Crippen LogP contribution in [0.2, 0.25) is 5.02 Å². The van der Waals surface area contributed by atoms with E-state index >= 15 is 0 Å². The number of carbonyl (C=O) groups is 1. The van der Waals surface area contributed by atoms with E-state index in [1.165, 1.54) is 11.1 Å². The first kappa shape index (κ1) is 24.2. The third kappa shape index (κ3) is 4.81. The molecular weight excluding hydrogens is 462 g/mol. The summed E-state index contributed by atoms with van der Waals surface area (Å²) in [6.45, 7) is 5.92. The van der Waals surface area contributed by atoms with Crippen molar-refractivity contribution in [2.45, 2.75) is 56.5 Å². The van der Waals surface area contributed by atoms with Gasteiger partial charge in [-0.05, 0) is 98.2 Å². The van der Waals surface area contributed by atoms with E-state index in [1.54, 1.807) is 18.2 Å². The average Bonchev–Trinajstić information content (AvgIpc) is 2.97. The van der Waals surface area contributed by atoms with Crippen LogP contribution < -0.4 is 9.64 Å². The van der Waals surface area contributed by atoms with Crippen LogP contribution in [0.1, 0.15) is 60.0 Å². The molecule has 5 nitrogen and oxygen atoms in total. The molecule has 0 saturated heterocycles. The van der Waals surface area contributed by atoms with E-state index in [1.807, 2.05) is 12.1 Å². The number of fused-ring (bicyclic) bond motifs is 3. The maximum atomic E-state index is 11.8. The molecule has 1 saturated carbocycles. The lowest BCUT2D eigenvalue weighted by molar-refractivity contribution is 0.0696. The first-order valence-electron chi connectivity index (χ1n) is 12.7. The van der Waals surface area contributed by atoms with Gasteiger partial charge in [0.05, 0.1) is 24.0 Å². The molecule has 1 fully saturated rings. The fourth-order valence-electron chi connectivity index (χ4n) is 6.36. The predicted octanol–water partition coefficient (Wildman–Crippen LogP) is 5.86. The lowest BCUT2D eigenvalue weighted by Crippen LogP contribution is -2.48. The minimum absolute atomic E-state index is 0.178. The molecule has 0 bridgehead atoms. The van der Waals surface area contributed by atoms with Gasteiger partial charge in [0.2, 0.25) is 0 Å². The number of aryl methyl sites for hydroxylation is 1. The predicted molar refractivity (Wildman–Crippen MR) is 139 cm³/mol. The quantitative estimate of drug-likeness (QED) is 0.470. The molecule has 2 N–H and O–H groups in total. The number of anilines is 1. The van der Waals surface area contributed by atoms with E-state index in [0.717, 1.165) is 68.1 Å². The lowest BCUT2D eigenvalue weighted by Gasteiger charge is -2.45. The van der Waals surface area contributed by atoms with E-state index < -0.39 is 5.97 Å². The number of aromatic carboxylic acids is 1. The molecule has 1 spiro atoms. The van der Waals surface area contributed by atoms with Gasteiger partial charge in [-0.1, -0.05) is 23.7 Å². The number of ether oxygens (including phenoxy) is 1. The van der Waals surface area contributed by atoms with Gasteiger partial charge in [-0.25, -0.2) is 4.79 Å². The molecule has 2 aromatic rings. The standard InChI is InChI=1S/C29H34ClNO4/c1-2-4-24(32)14-19-6-7-22(19)16-31-17-29(12-3-5-20-13-23(30)9-10-25(20)29)18-35-27-11-8-21(28(33)34)15-26(27)31/h2,8-11,13,15,19,22,24,32H,1,3-7,12,14,16-18H2,(H,33,34)/t19-,22-,24+,29-/m0/s1. The molecule has 1 heterocycles. The van der Waals surface area contributed by atoms with Crippen molar-refractivity contribution in [3.63, 3.8) is 0 Å². The molecule has 5 rings (SSSR count). The van der Waals surface area contributed by atoms with Gasteiger partial charge in [0.1, 0.15) is 5.75 Å². The van der Waals surface area contributed by atoms with Gasteiger partial charge in [-0.15, -0.1) is 6.58 Å². The van der Waals surface area contributed by atoms with Crippen molar-refractivity contribution in [3.05, 3.63) is 70.8 Å². The minimum atomic E-state index is -0.932. The van der Waals surface area contributed by atoms with Crippen molar-refractivity contribution in [1.82, 2.24) is 0 Å². The Morgan fingerprint density at radius 2 is 2.09 bits per heavy atom. The molecule has 0 aromatic heterocycles. The van der Waals surface area contributed by atoms with E-state index in [9.17, 15) is 15.0 Å². The Balaban J connectivity index is 1.48. The first-order valence-corrected chi connectivity index (χ1v) is 13.1. The Morgan fingerprint density at radius 3 is 2.83 bits per heavy atom. The van der Waals surface area contributed by atoms with Crippen LogP contribution in [-0.2, 0) is 11.8 Å². The number of rotatable bonds is 7. The Kier molecular flexibility index (Phi) is 6.82. The van der Waals surface area contributed by atoms with Crippen LogP contribution in [0.4, 0.5) is 5.69 Å². The molecule has 1 aliphatic heterocycles. The summed E-state index contributed by atoms with van der Waals surface area (Å²) in [5.74, 6) is 0.738. The van der Waals surface area contributed by atoms with Crippen molar-refractivity contribution in [3.8, 4) is 5.75 Å². The number of carboxylic acids is 1. The van der Waals surface area contributed by atoms with E-state index in [4.69, 9.17) is 16.3 Å². The highest BCUT2D eigenvalue weighted by Crippen LogP contribution is 2.46. The van der Waals surface area contributed by atoms with Gasteiger partial charge < -0.3 is 19.8 Å². The van der Waals surface area contributed by atoms with Gasteiger partial charge in [0.25, 0.3) is 0 Å². The Hall–Kier alpha value is -2.50. The van der Waals surface area contributed by atoms with E-state index in [-0.39, 0.29) is 17.1 Å². The average molecular weight is 496 g/mol. The van der Waals surface area contributed by atoms with Gasteiger partial charge in [-0.3, -0.25) is 0 Å². The molecule has 186 valence electrons.